The molecule has 11 heteroatoms. The number of nitrogens with one attached hydrogen (secondary N) is 1. The zero-order chi connectivity index (χ0) is 21.9. The largest absolute Gasteiger partial charge is 0.444 e. The van der Waals surface area contributed by atoms with Gasteiger partial charge >= 0.3 is 6.09 Å². The average Bonchev–Trinajstić information content (AvgIpc) is 3.18. The lowest BCUT2D eigenvalue weighted by Crippen LogP contribution is -2.47. The number of alkyl carbamates (subject to hydrolysis) is 1. The second-order valence-corrected chi connectivity index (χ2v) is 11.2. The Balaban J connectivity index is 1.61. The van der Waals surface area contributed by atoms with Gasteiger partial charge in [-0.3, -0.25) is 4.79 Å². The average molecular weight is 460 g/mol. The smallest absolute Gasteiger partial charge is 0.407 e. The maximum atomic E-state index is 13.0. The summed E-state index contributed by atoms with van der Waals surface area (Å²) in [6.07, 6.45) is 0.702. The third-order valence-corrected chi connectivity index (χ3v) is 7.89. The summed E-state index contributed by atoms with van der Waals surface area (Å²) in [7, 11) is -3.73. The van der Waals surface area contributed by atoms with Crippen LogP contribution in [0.15, 0.2) is 16.3 Å². The summed E-state index contributed by atoms with van der Waals surface area (Å²) < 4.78 is 37.9. The summed E-state index contributed by atoms with van der Waals surface area (Å²) in [4.78, 5) is 26.9. The maximum absolute atomic E-state index is 13.0. The number of carbonyl (C=O) groups is 2. The molecule has 0 radical (unpaired) electrons. The van der Waals surface area contributed by atoms with E-state index in [4.69, 9.17) is 9.47 Å². The molecule has 0 unspecified atom stereocenters. The van der Waals surface area contributed by atoms with E-state index in [1.54, 1.807) is 31.1 Å². The lowest BCUT2D eigenvalue weighted by molar-refractivity contribution is 0.0473. The SMILES string of the molecule is CC(C)(C)OC(=O)NC1CCN(C(=O)c2sccc2S(=O)(=O)N2CCOCC2)CC1. The first-order valence-electron chi connectivity index (χ1n) is 10.0. The molecule has 1 aromatic rings. The Morgan fingerprint density at radius 2 is 1.80 bits per heavy atom. The maximum Gasteiger partial charge on any atom is 0.407 e. The summed E-state index contributed by atoms with van der Waals surface area (Å²) >= 11 is 1.14. The third-order valence-electron chi connectivity index (χ3n) is 4.91. The van der Waals surface area contributed by atoms with Crippen LogP contribution >= 0.6 is 11.3 Å². The number of carbonyl (C=O) groups excluding carboxylic acids is 2. The van der Waals surface area contributed by atoms with Crippen LogP contribution in [0.1, 0.15) is 43.3 Å². The fourth-order valence-corrected chi connectivity index (χ4v) is 6.20. The molecule has 9 nitrogen and oxygen atoms in total. The van der Waals surface area contributed by atoms with Gasteiger partial charge in [-0.1, -0.05) is 0 Å². The molecule has 0 bridgehead atoms. The zero-order valence-corrected chi connectivity index (χ0v) is 19.2. The zero-order valence-electron chi connectivity index (χ0n) is 17.5. The number of likely N-dealkylation sites (tertiary alicyclic amines) is 1. The molecule has 0 spiro atoms. The molecule has 0 aliphatic carbocycles. The summed E-state index contributed by atoms with van der Waals surface area (Å²) in [6.45, 7) is 7.56. The van der Waals surface area contributed by atoms with Crippen molar-refractivity contribution in [1.82, 2.24) is 14.5 Å². The van der Waals surface area contributed by atoms with Crippen molar-refractivity contribution in [2.75, 3.05) is 39.4 Å². The van der Waals surface area contributed by atoms with Gasteiger partial charge in [0.2, 0.25) is 10.0 Å². The van der Waals surface area contributed by atoms with E-state index in [0.29, 0.717) is 39.1 Å². The minimum Gasteiger partial charge on any atom is -0.444 e. The summed E-state index contributed by atoms with van der Waals surface area (Å²) in [6, 6.07) is 1.42. The van der Waals surface area contributed by atoms with E-state index in [2.05, 4.69) is 5.32 Å². The fourth-order valence-electron chi connectivity index (χ4n) is 3.43. The van der Waals surface area contributed by atoms with Gasteiger partial charge in [0, 0.05) is 32.2 Å². The van der Waals surface area contributed by atoms with Gasteiger partial charge in [-0.05, 0) is 45.1 Å². The Labute approximate surface area is 181 Å². The highest BCUT2D eigenvalue weighted by Gasteiger charge is 2.34. The number of piperidine rings is 1. The van der Waals surface area contributed by atoms with Crippen molar-refractivity contribution in [3.05, 3.63) is 16.3 Å². The van der Waals surface area contributed by atoms with Gasteiger partial charge in [0.15, 0.2) is 0 Å². The molecule has 0 atom stereocenters. The van der Waals surface area contributed by atoms with Gasteiger partial charge < -0.3 is 19.7 Å². The first kappa shape index (κ1) is 23.0. The lowest BCUT2D eigenvalue weighted by atomic mass is 10.1. The predicted octanol–water partition coefficient (Wildman–Crippen LogP) is 1.90. The molecular weight excluding hydrogens is 430 g/mol. The van der Waals surface area contributed by atoms with E-state index in [0.717, 1.165) is 11.3 Å². The molecule has 2 amide bonds. The molecule has 3 rings (SSSR count). The molecule has 2 fully saturated rings. The van der Waals surface area contributed by atoms with Gasteiger partial charge in [0.25, 0.3) is 5.91 Å². The number of morpholine rings is 1. The number of rotatable bonds is 4. The number of sulfonamides is 1. The van der Waals surface area contributed by atoms with E-state index < -0.39 is 21.7 Å². The van der Waals surface area contributed by atoms with Gasteiger partial charge in [-0.15, -0.1) is 11.3 Å². The number of hydrogen-bond donors (Lipinski definition) is 1. The van der Waals surface area contributed by atoms with Crippen molar-refractivity contribution in [2.45, 2.75) is 50.2 Å². The Morgan fingerprint density at radius 1 is 1.17 bits per heavy atom. The molecule has 0 saturated carbocycles. The second-order valence-electron chi connectivity index (χ2n) is 8.34. The molecule has 2 aliphatic heterocycles. The summed E-state index contributed by atoms with van der Waals surface area (Å²) in [5.41, 5.74) is -0.567. The van der Waals surface area contributed by atoms with E-state index in [1.807, 2.05) is 0 Å². The standard InChI is InChI=1S/C19H29N3O6S2/c1-19(2,3)28-18(24)20-14-4-7-21(8-5-14)17(23)16-15(6-13-29-16)30(25,26)22-9-11-27-12-10-22/h6,13-14H,4-5,7-12H2,1-3H3,(H,20,24). The van der Waals surface area contributed by atoms with E-state index in [9.17, 15) is 18.0 Å². The molecule has 2 saturated heterocycles. The van der Waals surface area contributed by atoms with Crippen molar-refractivity contribution < 1.29 is 27.5 Å². The molecule has 1 N–H and O–H groups in total. The van der Waals surface area contributed by atoms with Crippen LogP contribution in [0, 0.1) is 0 Å². The first-order chi connectivity index (χ1) is 14.1. The molecule has 30 heavy (non-hydrogen) atoms. The van der Waals surface area contributed by atoms with Gasteiger partial charge in [0.1, 0.15) is 15.4 Å². The highest BCUT2D eigenvalue weighted by Crippen LogP contribution is 2.28. The highest BCUT2D eigenvalue weighted by molar-refractivity contribution is 7.89. The predicted molar refractivity (Wildman–Crippen MR) is 112 cm³/mol. The number of nitrogens with zero attached hydrogens (tertiary/aromatic N) is 2. The number of ether oxygens (including phenoxy) is 2. The van der Waals surface area contributed by atoms with E-state index >= 15 is 0 Å². The highest BCUT2D eigenvalue weighted by atomic mass is 32.2. The minimum absolute atomic E-state index is 0.0633. The molecule has 1 aromatic heterocycles. The minimum atomic E-state index is -3.73. The van der Waals surface area contributed by atoms with Crippen LogP contribution < -0.4 is 5.32 Å². The van der Waals surface area contributed by atoms with Gasteiger partial charge in [-0.2, -0.15) is 4.31 Å². The summed E-state index contributed by atoms with van der Waals surface area (Å²) in [5, 5.41) is 4.47. The van der Waals surface area contributed by atoms with Crippen LogP contribution in [0.2, 0.25) is 0 Å². The lowest BCUT2D eigenvalue weighted by Gasteiger charge is -2.33. The Hall–Kier alpha value is -1.69. The van der Waals surface area contributed by atoms with Crippen LogP contribution in [0.5, 0.6) is 0 Å². The van der Waals surface area contributed by atoms with Crippen molar-refractivity contribution in [1.29, 1.82) is 0 Å². The molecule has 0 aromatic carbocycles. The van der Waals surface area contributed by atoms with Gasteiger partial charge in [-0.25, -0.2) is 13.2 Å². The first-order valence-corrected chi connectivity index (χ1v) is 12.3. The second kappa shape index (κ2) is 9.21. The Morgan fingerprint density at radius 3 is 2.40 bits per heavy atom. The number of amides is 2. The molecule has 168 valence electrons. The van der Waals surface area contributed by atoms with Crippen LogP contribution in [0.25, 0.3) is 0 Å². The fraction of sp³-hybridized carbons (Fsp3) is 0.684. The van der Waals surface area contributed by atoms with Crippen molar-refractivity contribution in [2.24, 2.45) is 0 Å². The Bertz CT molecular complexity index is 863. The topological polar surface area (TPSA) is 105 Å². The van der Waals surface area contributed by atoms with E-state index in [-0.39, 0.29) is 34.8 Å². The van der Waals surface area contributed by atoms with E-state index in [1.165, 1.54) is 10.4 Å². The summed E-state index contributed by atoms with van der Waals surface area (Å²) in [5.74, 6) is -0.285. The Kier molecular flexibility index (Phi) is 7.05. The molecule has 3 heterocycles. The number of thiophene rings is 1. The van der Waals surface area contributed by atoms with Crippen LogP contribution in [-0.4, -0.2) is 80.7 Å². The quantitative estimate of drug-likeness (QED) is 0.737. The van der Waals surface area contributed by atoms with Crippen molar-refractivity contribution in [3.63, 3.8) is 0 Å². The molecule has 2 aliphatic rings. The monoisotopic (exact) mass is 459 g/mol. The van der Waals surface area contributed by atoms with Gasteiger partial charge in [0.05, 0.1) is 13.2 Å². The normalized spacial score (nSPS) is 19.5. The molecular formula is C19H29N3O6S2. The number of hydrogen-bond acceptors (Lipinski definition) is 7. The van der Waals surface area contributed by atoms with Crippen LogP contribution in [0.4, 0.5) is 4.79 Å². The van der Waals surface area contributed by atoms with Crippen LogP contribution in [0.3, 0.4) is 0 Å². The van der Waals surface area contributed by atoms with Crippen LogP contribution in [-0.2, 0) is 19.5 Å². The third kappa shape index (κ3) is 5.51. The van der Waals surface area contributed by atoms with Crippen molar-refractivity contribution in [3.8, 4) is 0 Å². The van der Waals surface area contributed by atoms with Crippen molar-refractivity contribution >= 4 is 33.4 Å².